The highest BCUT2D eigenvalue weighted by molar-refractivity contribution is 5.03. The van der Waals surface area contributed by atoms with Crippen LogP contribution in [0.3, 0.4) is 0 Å². The summed E-state index contributed by atoms with van der Waals surface area (Å²) in [5, 5.41) is 9.28. The van der Waals surface area contributed by atoms with E-state index in [0.717, 1.165) is 19.6 Å². The first kappa shape index (κ1) is 8.21. The molecule has 1 saturated heterocycles. The molecule has 2 bridgehead atoms. The lowest BCUT2D eigenvalue weighted by Gasteiger charge is -2.31. The topological polar surface area (TPSA) is 38.7 Å². The van der Waals surface area contributed by atoms with Crippen LogP contribution in [0.4, 0.5) is 0 Å². The van der Waals surface area contributed by atoms with Crippen LogP contribution in [0.2, 0.25) is 0 Å². The van der Waals surface area contributed by atoms with Crippen molar-refractivity contribution in [2.24, 2.45) is 17.8 Å². The van der Waals surface area contributed by atoms with E-state index in [2.05, 4.69) is 0 Å². The van der Waals surface area contributed by atoms with Crippen molar-refractivity contribution in [1.82, 2.24) is 0 Å². The molecule has 3 fully saturated rings. The zero-order valence-electron chi connectivity index (χ0n) is 7.74. The van der Waals surface area contributed by atoms with Crippen molar-refractivity contribution in [3.8, 4) is 0 Å². The summed E-state index contributed by atoms with van der Waals surface area (Å²) in [4.78, 5) is 0. The Kier molecular flexibility index (Phi) is 1.70. The monoisotopic (exact) mass is 184 g/mol. The van der Waals surface area contributed by atoms with E-state index >= 15 is 0 Å². The third-order valence-corrected chi connectivity index (χ3v) is 4.07. The Balaban J connectivity index is 1.87. The Morgan fingerprint density at radius 1 is 1.23 bits per heavy atom. The summed E-state index contributed by atoms with van der Waals surface area (Å²) >= 11 is 0. The van der Waals surface area contributed by atoms with Crippen LogP contribution in [-0.2, 0) is 9.47 Å². The summed E-state index contributed by atoms with van der Waals surface area (Å²) in [5.74, 6) is 1.27. The fourth-order valence-corrected chi connectivity index (χ4v) is 3.55. The molecule has 0 amide bonds. The van der Waals surface area contributed by atoms with Crippen LogP contribution in [-0.4, -0.2) is 30.7 Å². The number of ether oxygens (including phenoxy) is 2. The van der Waals surface area contributed by atoms with Gasteiger partial charge in [-0.15, -0.1) is 0 Å². The lowest BCUT2D eigenvalue weighted by atomic mass is 9.93. The second-order valence-electron chi connectivity index (χ2n) is 4.50. The molecule has 3 atom stereocenters. The van der Waals surface area contributed by atoms with Gasteiger partial charge in [0.2, 0.25) is 0 Å². The third kappa shape index (κ3) is 0.953. The van der Waals surface area contributed by atoms with Crippen molar-refractivity contribution >= 4 is 0 Å². The normalized spacial score (nSPS) is 46.4. The van der Waals surface area contributed by atoms with Crippen LogP contribution in [0.5, 0.6) is 0 Å². The smallest absolute Gasteiger partial charge is 0.171 e. The standard InChI is InChI=1S/C10H16O3/c11-6-8-7-1-2-9(8)10(5-7)12-3-4-13-10/h7-9,11H,1-6H2/t7-,8+,9-/m1/s1. The first-order valence-electron chi connectivity index (χ1n) is 5.24. The molecule has 0 aromatic carbocycles. The maximum Gasteiger partial charge on any atom is 0.171 e. The van der Waals surface area contributed by atoms with Gasteiger partial charge in [-0.1, -0.05) is 0 Å². The Hall–Kier alpha value is -0.120. The van der Waals surface area contributed by atoms with E-state index in [1.165, 1.54) is 12.8 Å². The van der Waals surface area contributed by atoms with Gasteiger partial charge in [-0.3, -0.25) is 0 Å². The lowest BCUT2D eigenvalue weighted by Crippen LogP contribution is -2.37. The molecule has 3 aliphatic rings. The SMILES string of the molecule is OC[C@H]1[C@@H]2CC[C@H]1C1(C2)OCCO1. The van der Waals surface area contributed by atoms with E-state index in [-0.39, 0.29) is 5.79 Å². The molecule has 1 spiro atoms. The molecule has 2 saturated carbocycles. The van der Waals surface area contributed by atoms with Gasteiger partial charge in [-0.05, 0) is 24.7 Å². The van der Waals surface area contributed by atoms with Crippen LogP contribution in [0, 0.1) is 17.8 Å². The molecule has 0 aromatic heterocycles. The van der Waals surface area contributed by atoms with Gasteiger partial charge in [0, 0.05) is 18.9 Å². The second kappa shape index (κ2) is 2.69. The van der Waals surface area contributed by atoms with E-state index in [1.54, 1.807) is 0 Å². The summed E-state index contributed by atoms with van der Waals surface area (Å²) in [5.41, 5.74) is 0. The minimum Gasteiger partial charge on any atom is -0.396 e. The van der Waals surface area contributed by atoms with Crippen molar-refractivity contribution in [3.63, 3.8) is 0 Å². The van der Waals surface area contributed by atoms with Gasteiger partial charge >= 0.3 is 0 Å². The van der Waals surface area contributed by atoms with Gasteiger partial charge in [0.05, 0.1) is 13.2 Å². The predicted molar refractivity (Wildman–Crippen MR) is 46.0 cm³/mol. The Labute approximate surface area is 78.0 Å². The highest BCUT2D eigenvalue weighted by Gasteiger charge is 2.60. The van der Waals surface area contributed by atoms with Crippen molar-refractivity contribution in [2.45, 2.75) is 25.0 Å². The van der Waals surface area contributed by atoms with Gasteiger partial charge in [0.1, 0.15) is 0 Å². The number of fused-ring (bicyclic) bond motifs is 3. The minimum atomic E-state index is -0.281. The van der Waals surface area contributed by atoms with Gasteiger partial charge in [0.25, 0.3) is 0 Å². The summed E-state index contributed by atoms with van der Waals surface area (Å²) in [6.07, 6.45) is 3.45. The van der Waals surface area contributed by atoms with Gasteiger partial charge in [0.15, 0.2) is 5.79 Å². The van der Waals surface area contributed by atoms with Crippen molar-refractivity contribution in [1.29, 1.82) is 0 Å². The van der Waals surface area contributed by atoms with Gasteiger partial charge < -0.3 is 14.6 Å². The molecule has 3 rings (SSSR count). The molecule has 3 heteroatoms. The van der Waals surface area contributed by atoms with E-state index < -0.39 is 0 Å². The van der Waals surface area contributed by atoms with Crippen LogP contribution in [0.15, 0.2) is 0 Å². The van der Waals surface area contributed by atoms with Crippen LogP contribution < -0.4 is 0 Å². The van der Waals surface area contributed by atoms with E-state index in [4.69, 9.17) is 9.47 Å². The molecule has 0 unspecified atom stereocenters. The molecule has 3 nitrogen and oxygen atoms in total. The molecule has 74 valence electrons. The maximum absolute atomic E-state index is 9.28. The van der Waals surface area contributed by atoms with Crippen LogP contribution >= 0.6 is 0 Å². The molecule has 0 radical (unpaired) electrons. The van der Waals surface area contributed by atoms with Gasteiger partial charge in [-0.25, -0.2) is 0 Å². The first-order chi connectivity index (χ1) is 6.36. The van der Waals surface area contributed by atoms with Crippen LogP contribution in [0.25, 0.3) is 0 Å². The maximum atomic E-state index is 9.28. The summed E-state index contributed by atoms with van der Waals surface area (Å²) in [6, 6.07) is 0. The number of aliphatic hydroxyl groups excluding tert-OH is 1. The van der Waals surface area contributed by atoms with Gasteiger partial charge in [-0.2, -0.15) is 0 Å². The molecular weight excluding hydrogens is 168 g/mol. The molecule has 1 heterocycles. The summed E-state index contributed by atoms with van der Waals surface area (Å²) in [7, 11) is 0. The quantitative estimate of drug-likeness (QED) is 0.654. The Bertz CT molecular complexity index is 210. The third-order valence-electron chi connectivity index (χ3n) is 4.07. The molecule has 2 aliphatic carbocycles. The molecule has 0 aromatic rings. The van der Waals surface area contributed by atoms with E-state index in [1.807, 2.05) is 0 Å². The Morgan fingerprint density at radius 3 is 2.62 bits per heavy atom. The molecular formula is C10H16O3. The molecule has 1 aliphatic heterocycles. The number of rotatable bonds is 1. The summed E-state index contributed by atoms with van der Waals surface area (Å²) < 4.78 is 11.5. The predicted octanol–water partition coefficient (Wildman–Crippen LogP) is 0.768. The van der Waals surface area contributed by atoms with Crippen molar-refractivity contribution in [2.75, 3.05) is 19.8 Å². The highest BCUT2D eigenvalue weighted by Crippen LogP contribution is 2.57. The average Bonchev–Trinajstić information content (AvgIpc) is 2.79. The number of hydrogen-bond donors (Lipinski definition) is 1. The Morgan fingerprint density at radius 2 is 2.00 bits per heavy atom. The highest BCUT2D eigenvalue weighted by atomic mass is 16.7. The molecule has 13 heavy (non-hydrogen) atoms. The van der Waals surface area contributed by atoms with Crippen LogP contribution in [0.1, 0.15) is 19.3 Å². The van der Waals surface area contributed by atoms with Crippen molar-refractivity contribution in [3.05, 3.63) is 0 Å². The largest absolute Gasteiger partial charge is 0.396 e. The first-order valence-corrected chi connectivity index (χ1v) is 5.24. The zero-order chi connectivity index (χ0) is 8.89. The number of hydrogen-bond acceptors (Lipinski definition) is 3. The minimum absolute atomic E-state index is 0.281. The van der Waals surface area contributed by atoms with E-state index in [0.29, 0.717) is 24.4 Å². The average molecular weight is 184 g/mol. The zero-order valence-corrected chi connectivity index (χ0v) is 7.74. The molecule has 1 N–H and O–H groups in total. The van der Waals surface area contributed by atoms with E-state index in [9.17, 15) is 5.11 Å². The fraction of sp³-hybridized carbons (Fsp3) is 1.00. The second-order valence-corrected chi connectivity index (χ2v) is 4.50. The number of aliphatic hydroxyl groups is 1. The van der Waals surface area contributed by atoms with Crippen molar-refractivity contribution < 1.29 is 14.6 Å². The fourth-order valence-electron chi connectivity index (χ4n) is 3.55. The summed E-state index contributed by atoms with van der Waals surface area (Å²) in [6.45, 7) is 1.78. The lowest BCUT2D eigenvalue weighted by molar-refractivity contribution is -0.194.